The third kappa shape index (κ3) is 3.84. The van der Waals surface area contributed by atoms with E-state index in [0.717, 1.165) is 32.4 Å². The number of aryl methyl sites for hydroxylation is 1. The SMILES string of the molecule is O=C(c1cccnn1)N1CC[C@@H]2[C@@H](CCC(=O)N2CCCn2ccnc2)C1. The summed E-state index contributed by atoms with van der Waals surface area (Å²) in [6, 6.07) is 3.67. The number of hydrogen-bond donors (Lipinski definition) is 0. The third-order valence-electron chi connectivity index (χ3n) is 5.60. The van der Waals surface area contributed by atoms with Crippen LogP contribution in [0.5, 0.6) is 0 Å². The molecule has 0 saturated carbocycles. The summed E-state index contributed by atoms with van der Waals surface area (Å²) in [6.45, 7) is 2.96. The van der Waals surface area contributed by atoms with Gasteiger partial charge in [0, 0.05) is 57.2 Å². The standard InChI is InChI=1S/C19H24N6O2/c26-18-5-4-15-13-24(19(27)16-3-1-7-21-22-16)11-6-17(15)25(18)10-2-9-23-12-8-20-14-23/h1,3,7-8,12,14-15,17H,2,4-6,9-11,13H2/t15-,17+/m0/s1. The summed E-state index contributed by atoms with van der Waals surface area (Å²) < 4.78 is 2.04. The lowest BCUT2D eigenvalue weighted by Gasteiger charge is -2.47. The molecule has 8 nitrogen and oxygen atoms in total. The largest absolute Gasteiger partial charge is 0.339 e. The summed E-state index contributed by atoms with van der Waals surface area (Å²) in [4.78, 5) is 33.1. The van der Waals surface area contributed by atoms with Gasteiger partial charge in [-0.25, -0.2) is 4.98 Å². The molecule has 2 amide bonds. The highest BCUT2D eigenvalue weighted by Gasteiger charge is 2.40. The molecule has 4 rings (SSSR count). The highest BCUT2D eigenvalue weighted by molar-refractivity contribution is 5.92. The molecule has 2 atom stereocenters. The average molecular weight is 368 g/mol. The number of fused-ring (bicyclic) bond motifs is 1. The second-order valence-corrected chi connectivity index (χ2v) is 7.26. The van der Waals surface area contributed by atoms with Crippen LogP contribution in [-0.4, -0.2) is 67.0 Å². The van der Waals surface area contributed by atoms with Crippen molar-refractivity contribution in [2.24, 2.45) is 5.92 Å². The average Bonchev–Trinajstić information content (AvgIpc) is 3.23. The zero-order valence-corrected chi connectivity index (χ0v) is 15.3. The lowest BCUT2D eigenvalue weighted by Crippen LogP contribution is -2.57. The van der Waals surface area contributed by atoms with Crippen molar-refractivity contribution < 1.29 is 9.59 Å². The molecule has 0 spiro atoms. The van der Waals surface area contributed by atoms with E-state index in [-0.39, 0.29) is 17.9 Å². The van der Waals surface area contributed by atoms with Crippen molar-refractivity contribution in [1.82, 2.24) is 29.5 Å². The van der Waals surface area contributed by atoms with Gasteiger partial charge in [-0.2, -0.15) is 5.10 Å². The smallest absolute Gasteiger partial charge is 0.274 e. The number of hydrogen-bond acceptors (Lipinski definition) is 5. The Hall–Kier alpha value is -2.77. The van der Waals surface area contributed by atoms with Crippen molar-refractivity contribution in [3.63, 3.8) is 0 Å². The number of likely N-dealkylation sites (tertiary alicyclic amines) is 2. The monoisotopic (exact) mass is 368 g/mol. The lowest BCUT2D eigenvalue weighted by atomic mass is 9.83. The fourth-order valence-corrected chi connectivity index (χ4v) is 4.25. The number of imidazole rings is 1. The van der Waals surface area contributed by atoms with Crippen molar-refractivity contribution in [2.75, 3.05) is 19.6 Å². The highest BCUT2D eigenvalue weighted by atomic mass is 16.2. The van der Waals surface area contributed by atoms with Crippen molar-refractivity contribution in [3.8, 4) is 0 Å². The highest BCUT2D eigenvalue weighted by Crippen LogP contribution is 2.31. The van der Waals surface area contributed by atoms with Crippen LogP contribution in [0.15, 0.2) is 37.1 Å². The van der Waals surface area contributed by atoms with Crippen LogP contribution in [0.25, 0.3) is 0 Å². The Morgan fingerprint density at radius 3 is 2.93 bits per heavy atom. The van der Waals surface area contributed by atoms with Gasteiger partial charge in [-0.15, -0.1) is 5.10 Å². The van der Waals surface area contributed by atoms with Crippen molar-refractivity contribution >= 4 is 11.8 Å². The third-order valence-corrected chi connectivity index (χ3v) is 5.60. The van der Waals surface area contributed by atoms with Crippen LogP contribution in [0.1, 0.15) is 36.2 Å². The molecular weight excluding hydrogens is 344 g/mol. The molecule has 2 aromatic rings. The van der Waals surface area contributed by atoms with Gasteiger partial charge in [0.25, 0.3) is 5.91 Å². The Morgan fingerprint density at radius 1 is 1.22 bits per heavy atom. The maximum atomic E-state index is 12.7. The zero-order valence-electron chi connectivity index (χ0n) is 15.3. The second-order valence-electron chi connectivity index (χ2n) is 7.26. The Kier molecular flexibility index (Phi) is 5.13. The van der Waals surface area contributed by atoms with Crippen LogP contribution < -0.4 is 0 Å². The first kappa shape index (κ1) is 17.6. The maximum Gasteiger partial charge on any atom is 0.274 e. The molecule has 142 valence electrons. The van der Waals surface area contributed by atoms with Crippen molar-refractivity contribution in [2.45, 2.75) is 38.3 Å². The molecule has 0 N–H and O–H groups in total. The number of carbonyl (C=O) groups is 2. The minimum Gasteiger partial charge on any atom is -0.339 e. The van der Waals surface area contributed by atoms with Gasteiger partial charge in [-0.05, 0) is 37.3 Å². The molecule has 0 aromatic carbocycles. The molecular formula is C19H24N6O2. The van der Waals surface area contributed by atoms with Crippen LogP contribution >= 0.6 is 0 Å². The summed E-state index contributed by atoms with van der Waals surface area (Å²) in [5.41, 5.74) is 0.389. The molecule has 0 bridgehead atoms. The van der Waals surface area contributed by atoms with Crippen LogP contribution in [0.4, 0.5) is 0 Å². The van der Waals surface area contributed by atoms with Gasteiger partial charge in [-0.1, -0.05) is 0 Å². The van der Waals surface area contributed by atoms with Crippen LogP contribution in [0.3, 0.4) is 0 Å². The molecule has 2 aliphatic heterocycles. The molecule has 0 aliphatic carbocycles. The van der Waals surface area contributed by atoms with Gasteiger partial charge < -0.3 is 14.4 Å². The van der Waals surface area contributed by atoms with Crippen molar-refractivity contribution in [1.29, 1.82) is 0 Å². The number of carbonyl (C=O) groups excluding carboxylic acids is 2. The predicted octanol–water partition coefficient (Wildman–Crippen LogP) is 1.22. The first-order chi connectivity index (χ1) is 13.2. The summed E-state index contributed by atoms with van der Waals surface area (Å²) >= 11 is 0. The molecule has 0 radical (unpaired) electrons. The number of nitrogens with zero attached hydrogens (tertiary/aromatic N) is 6. The number of amides is 2. The van der Waals surface area contributed by atoms with E-state index in [9.17, 15) is 9.59 Å². The molecule has 2 saturated heterocycles. The summed E-state index contributed by atoms with van der Waals surface area (Å²) in [6.07, 6.45) is 10.2. The molecule has 8 heteroatoms. The Morgan fingerprint density at radius 2 is 2.15 bits per heavy atom. The molecule has 2 fully saturated rings. The predicted molar refractivity (Wildman–Crippen MR) is 97.6 cm³/mol. The van der Waals surface area contributed by atoms with E-state index >= 15 is 0 Å². The molecule has 4 heterocycles. The minimum absolute atomic E-state index is 0.0647. The van der Waals surface area contributed by atoms with E-state index in [4.69, 9.17) is 0 Å². The first-order valence-corrected chi connectivity index (χ1v) is 9.54. The van der Waals surface area contributed by atoms with Crippen molar-refractivity contribution in [3.05, 3.63) is 42.7 Å². The van der Waals surface area contributed by atoms with E-state index in [1.54, 1.807) is 30.9 Å². The normalized spacial score (nSPS) is 22.6. The summed E-state index contributed by atoms with van der Waals surface area (Å²) in [5.74, 6) is 0.519. The van der Waals surface area contributed by atoms with Gasteiger partial charge >= 0.3 is 0 Å². The van der Waals surface area contributed by atoms with E-state index < -0.39 is 0 Å². The molecule has 2 aromatic heterocycles. The first-order valence-electron chi connectivity index (χ1n) is 9.54. The molecule has 27 heavy (non-hydrogen) atoms. The van der Waals surface area contributed by atoms with E-state index in [1.165, 1.54) is 0 Å². The Labute approximate surface area is 158 Å². The molecule has 0 unspecified atom stereocenters. The maximum absolute atomic E-state index is 12.7. The lowest BCUT2D eigenvalue weighted by molar-refractivity contribution is -0.140. The fraction of sp³-hybridized carbons (Fsp3) is 0.526. The van der Waals surface area contributed by atoms with Gasteiger partial charge in [0.15, 0.2) is 5.69 Å². The van der Waals surface area contributed by atoms with Crippen LogP contribution in [0.2, 0.25) is 0 Å². The zero-order chi connectivity index (χ0) is 18.6. The van der Waals surface area contributed by atoms with Crippen LogP contribution in [-0.2, 0) is 11.3 Å². The van der Waals surface area contributed by atoms with Crippen LogP contribution in [0, 0.1) is 5.92 Å². The van der Waals surface area contributed by atoms with Gasteiger partial charge in [-0.3, -0.25) is 9.59 Å². The fourth-order valence-electron chi connectivity index (χ4n) is 4.25. The Bertz CT molecular complexity index is 779. The van der Waals surface area contributed by atoms with Gasteiger partial charge in [0.1, 0.15) is 0 Å². The topological polar surface area (TPSA) is 84.2 Å². The minimum atomic E-state index is -0.0647. The van der Waals surface area contributed by atoms with E-state index in [0.29, 0.717) is 31.1 Å². The molecule has 2 aliphatic rings. The van der Waals surface area contributed by atoms with Gasteiger partial charge in [0.05, 0.1) is 6.33 Å². The summed E-state index contributed by atoms with van der Waals surface area (Å²) in [7, 11) is 0. The number of aromatic nitrogens is 4. The number of piperidine rings is 2. The van der Waals surface area contributed by atoms with E-state index in [2.05, 4.69) is 20.1 Å². The van der Waals surface area contributed by atoms with Gasteiger partial charge in [0.2, 0.25) is 5.91 Å². The number of rotatable bonds is 5. The summed E-state index contributed by atoms with van der Waals surface area (Å²) in [5, 5.41) is 7.74. The second kappa shape index (κ2) is 7.85. The van der Waals surface area contributed by atoms with E-state index in [1.807, 2.05) is 15.7 Å². The quantitative estimate of drug-likeness (QED) is 0.792. The Balaban J connectivity index is 1.37.